The largest absolute Gasteiger partial charge is 0.478 e. The summed E-state index contributed by atoms with van der Waals surface area (Å²) in [6.07, 6.45) is 8.01. The molecule has 3 heterocycles. The molecule has 0 spiro atoms. The average molecular weight is 335 g/mol. The lowest BCUT2D eigenvalue weighted by Gasteiger charge is -2.09. The Morgan fingerprint density at radius 3 is 2.96 bits per heavy atom. The van der Waals surface area contributed by atoms with Gasteiger partial charge in [0, 0.05) is 24.5 Å². The number of hydrogen-bond acceptors (Lipinski definition) is 5. The molecule has 126 valence electrons. The SMILES string of the molecule is O=C(O)c1cccc(-n2nc(-c3cnccn3)c3c2NCCCC3)c1. The van der Waals surface area contributed by atoms with E-state index < -0.39 is 5.97 Å². The molecule has 1 aliphatic heterocycles. The van der Waals surface area contributed by atoms with Crippen molar-refractivity contribution in [1.82, 2.24) is 19.7 Å². The van der Waals surface area contributed by atoms with Crippen molar-refractivity contribution in [1.29, 1.82) is 0 Å². The highest BCUT2D eigenvalue weighted by molar-refractivity contribution is 5.88. The first kappa shape index (κ1) is 15.3. The number of aromatic carboxylic acids is 1. The van der Waals surface area contributed by atoms with Gasteiger partial charge >= 0.3 is 5.97 Å². The molecule has 2 aromatic heterocycles. The van der Waals surface area contributed by atoms with Crippen LogP contribution in [0.3, 0.4) is 0 Å². The molecule has 0 fully saturated rings. The monoisotopic (exact) mass is 335 g/mol. The summed E-state index contributed by atoms with van der Waals surface area (Å²) in [5, 5.41) is 17.4. The first-order valence-electron chi connectivity index (χ1n) is 8.20. The second-order valence-corrected chi connectivity index (χ2v) is 5.92. The summed E-state index contributed by atoms with van der Waals surface area (Å²) < 4.78 is 1.77. The van der Waals surface area contributed by atoms with Gasteiger partial charge in [-0.05, 0) is 37.5 Å². The molecule has 0 radical (unpaired) electrons. The zero-order valence-corrected chi connectivity index (χ0v) is 13.5. The molecule has 3 aromatic rings. The van der Waals surface area contributed by atoms with Crippen molar-refractivity contribution in [2.24, 2.45) is 0 Å². The van der Waals surface area contributed by atoms with E-state index in [1.54, 1.807) is 41.5 Å². The van der Waals surface area contributed by atoms with Crippen LogP contribution in [-0.2, 0) is 6.42 Å². The number of carboxylic acids is 1. The molecule has 2 N–H and O–H groups in total. The van der Waals surface area contributed by atoms with Crippen LogP contribution < -0.4 is 5.32 Å². The van der Waals surface area contributed by atoms with E-state index in [2.05, 4.69) is 15.3 Å². The molecule has 1 aliphatic rings. The molecule has 0 bridgehead atoms. The van der Waals surface area contributed by atoms with Crippen molar-refractivity contribution >= 4 is 11.8 Å². The fourth-order valence-corrected chi connectivity index (χ4v) is 3.09. The molecule has 0 amide bonds. The zero-order valence-electron chi connectivity index (χ0n) is 13.5. The number of rotatable bonds is 3. The molecule has 0 saturated heterocycles. The summed E-state index contributed by atoms with van der Waals surface area (Å²) in [5.41, 5.74) is 3.55. The maximum absolute atomic E-state index is 11.3. The summed E-state index contributed by atoms with van der Waals surface area (Å²) in [6.45, 7) is 0.858. The number of anilines is 1. The van der Waals surface area contributed by atoms with Crippen LogP contribution in [0.15, 0.2) is 42.9 Å². The summed E-state index contributed by atoms with van der Waals surface area (Å²) in [6, 6.07) is 6.78. The summed E-state index contributed by atoms with van der Waals surface area (Å²) >= 11 is 0. The maximum Gasteiger partial charge on any atom is 0.335 e. The van der Waals surface area contributed by atoms with Crippen molar-refractivity contribution in [3.63, 3.8) is 0 Å². The van der Waals surface area contributed by atoms with E-state index in [1.165, 1.54) is 0 Å². The van der Waals surface area contributed by atoms with Crippen LogP contribution in [0, 0.1) is 0 Å². The highest BCUT2D eigenvalue weighted by atomic mass is 16.4. The van der Waals surface area contributed by atoms with Gasteiger partial charge in [-0.1, -0.05) is 6.07 Å². The number of benzene rings is 1. The van der Waals surface area contributed by atoms with Gasteiger partial charge in [0.15, 0.2) is 0 Å². The summed E-state index contributed by atoms with van der Waals surface area (Å²) in [4.78, 5) is 19.8. The Labute approximate surface area is 144 Å². The Hall–Kier alpha value is -3.22. The molecule has 25 heavy (non-hydrogen) atoms. The molecule has 7 heteroatoms. The zero-order chi connectivity index (χ0) is 17.2. The lowest BCUT2D eigenvalue weighted by Crippen LogP contribution is -2.08. The van der Waals surface area contributed by atoms with Crippen LogP contribution in [0.2, 0.25) is 0 Å². The van der Waals surface area contributed by atoms with Gasteiger partial charge < -0.3 is 10.4 Å². The molecule has 0 saturated carbocycles. The van der Waals surface area contributed by atoms with Crippen LogP contribution in [0.4, 0.5) is 5.82 Å². The standard InChI is InChI=1S/C18H17N5O2/c24-18(25)12-4-3-5-13(10-12)23-17-14(6-1-2-7-21-17)16(22-23)15-11-19-8-9-20-15/h3-5,8-11,21H,1-2,6-7H2,(H,24,25). The van der Waals surface area contributed by atoms with Gasteiger partial charge in [0.1, 0.15) is 17.2 Å². The van der Waals surface area contributed by atoms with Gasteiger partial charge in [-0.25, -0.2) is 9.48 Å². The molecular formula is C18H17N5O2. The number of hydrogen-bond donors (Lipinski definition) is 2. The Morgan fingerprint density at radius 2 is 2.16 bits per heavy atom. The summed E-state index contributed by atoms with van der Waals surface area (Å²) in [5.74, 6) is -0.0529. The Morgan fingerprint density at radius 1 is 1.24 bits per heavy atom. The summed E-state index contributed by atoms with van der Waals surface area (Å²) in [7, 11) is 0. The van der Waals surface area contributed by atoms with Gasteiger partial charge in [0.25, 0.3) is 0 Å². The number of nitrogens with one attached hydrogen (secondary N) is 1. The smallest absolute Gasteiger partial charge is 0.335 e. The van der Waals surface area contributed by atoms with E-state index >= 15 is 0 Å². The van der Waals surface area contributed by atoms with E-state index in [1.807, 2.05) is 6.07 Å². The minimum Gasteiger partial charge on any atom is -0.478 e. The number of carbonyl (C=O) groups is 1. The normalized spacial score (nSPS) is 13.6. The van der Waals surface area contributed by atoms with Crippen LogP contribution >= 0.6 is 0 Å². The predicted octanol–water partition coefficient (Wildman–Crippen LogP) is 2.78. The van der Waals surface area contributed by atoms with E-state index in [9.17, 15) is 9.90 Å². The number of nitrogens with zero attached hydrogens (tertiary/aromatic N) is 4. The van der Waals surface area contributed by atoms with Gasteiger partial charge in [0.2, 0.25) is 0 Å². The van der Waals surface area contributed by atoms with Crippen molar-refractivity contribution in [2.45, 2.75) is 19.3 Å². The second kappa shape index (κ2) is 6.35. The van der Waals surface area contributed by atoms with Crippen molar-refractivity contribution in [3.05, 3.63) is 54.0 Å². The van der Waals surface area contributed by atoms with Crippen LogP contribution in [0.1, 0.15) is 28.8 Å². The van der Waals surface area contributed by atoms with E-state index in [0.29, 0.717) is 5.69 Å². The first-order chi connectivity index (χ1) is 12.2. The lowest BCUT2D eigenvalue weighted by molar-refractivity contribution is 0.0697. The third-order valence-electron chi connectivity index (χ3n) is 4.27. The highest BCUT2D eigenvalue weighted by Gasteiger charge is 2.22. The van der Waals surface area contributed by atoms with Crippen molar-refractivity contribution in [2.75, 3.05) is 11.9 Å². The first-order valence-corrected chi connectivity index (χ1v) is 8.20. The van der Waals surface area contributed by atoms with Crippen molar-refractivity contribution in [3.8, 4) is 17.1 Å². The number of aromatic nitrogens is 4. The minimum absolute atomic E-state index is 0.233. The van der Waals surface area contributed by atoms with Crippen LogP contribution in [0.5, 0.6) is 0 Å². The molecule has 0 aliphatic carbocycles. The molecule has 4 rings (SSSR count). The third-order valence-corrected chi connectivity index (χ3v) is 4.27. The molecule has 0 unspecified atom stereocenters. The minimum atomic E-state index is -0.956. The quantitative estimate of drug-likeness (QED) is 0.764. The van der Waals surface area contributed by atoms with Crippen LogP contribution in [0.25, 0.3) is 17.1 Å². The fourth-order valence-electron chi connectivity index (χ4n) is 3.09. The molecule has 7 nitrogen and oxygen atoms in total. The molecule has 1 aromatic carbocycles. The lowest BCUT2D eigenvalue weighted by atomic mass is 10.1. The molecular weight excluding hydrogens is 318 g/mol. The predicted molar refractivity (Wildman–Crippen MR) is 93.0 cm³/mol. The maximum atomic E-state index is 11.3. The Bertz CT molecular complexity index is 920. The van der Waals surface area contributed by atoms with Gasteiger partial charge in [-0.2, -0.15) is 5.10 Å². The number of fused-ring (bicyclic) bond motifs is 1. The van der Waals surface area contributed by atoms with E-state index in [-0.39, 0.29) is 5.56 Å². The van der Waals surface area contributed by atoms with Crippen molar-refractivity contribution < 1.29 is 9.90 Å². The Kier molecular flexibility index (Phi) is 3.89. The molecule has 0 atom stereocenters. The second-order valence-electron chi connectivity index (χ2n) is 5.92. The van der Waals surface area contributed by atoms with Gasteiger partial charge in [-0.15, -0.1) is 0 Å². The Balaban J connectivity index is 1.90. The van der Waals surface area contributed by atoms with E-state index in [0.717, 1.165) is 48.6 Å². The number of carboxylic acid groups (broad SMARTS) is 1. The van der Waals surface area contributed by atoms with Gasteiger partial charge in [0.05, 0.1) is 17.4 Å². The van der Waals surface area contributed by atoms with Gasteiger partial charge in [-0.3, -0.25) is 9.97 Å². The van der Waals surface area contributed by atoms with E-state index in [4.69, 9.17) is 5.10 Å². The highest BCUT2D eigenvalue weighted by Crippen LogP contribution is 2.32. The third kappa shape index (κ3) is 2.84. The topological polar surface area (TPSA) is 92.9 Å². The van der Waals surface area contributed by atoms with Crippen LogP contribution in [-0.4, -0.2) is 37.4 Å². The average Bonchev–Trinajstić information content (AvgIpc) is 2.83. The fraction of sp³-hybridized carbons (Fsp3) is 0.222.